The van der Waals surface area contributed by atoms with Crippen molar-refractivity contribution in [3.8, 4) is 0 Å². The predicted octanol–water partition coefficient (Wildman–Crippen LogP) is 2.32. The van der Waals surface area contributed by atoms with Gasteiger partial charge in [-0.3, -0.25) is 0 Å². The van der Waals surface area contributed by atoms with Crippen LogP contribution in [0.2, 0.25) is 13.1 Å². The number of hydrogen-bond donors (Lipinski definition) is 1. The predicted molar refractivity (Wildman–Crippen MR) is 76.2 cm³/mol. The van der Waals surface area contributed by atoms with Crippen LogP contribution in [0.5, 0.6) is 0 Å². The van der Waals surface area contributed by atoms with Gasteiger partial charge in [-0.1, -0.05) is 42.5 Å². The van der Waals surface area contributed by atoms with Crippen LogP contribution >= 0.6 is 0 Å². The Balaban J connectivity index is 3.18. The summed E-state index contributed by atoms with van der Waals surface area (Å²) in [5.41, 5.74) is 0.330. The molecule has 0 aliphatic carbocycles. The SMILES string of the molecule is C[SiH](C)c1ccccc1[C@@H](OC(C)(C)C)C(=O)O. The van der Waals surface area contributed by atoms with Gasteiger partial charge in [0.15, 0.2) is 6.10 Å². The molecule has 0 bridgehead atoms. The number of hydrogen-bond acceptors (Lipinski definition) is 2. The highest BCUT2D eigenvalue weighted by Crippen LogP contribution is 2.23. The van der Waals surface area contributed by atoms with E-state index in [0.717, 1.165) is 10.8 Å². The molecular weight excluding hydrogens is 244 g/mol. The third-order valence-corrected chi connectivity index (χ3v) is 4.37. The van der Waals surface area contributed by atoms with Gasteiger partial charge in [0.25, 0.3) is 0 Å². The summed E-state index contributed by atoms with van der Waals surface area (Å²) in [7, 11) is -1.08. The molecule has 100 valence electrons. The van der Waals surface area contributed by atoms with Crippen LogP contribution in [0.1, 0.15) is 32.4 Å². The molecule has 0 saturated heterocycles. The monoisotopic (exact) mass is 266 g/mol. The van der Waals surface area contributed by atoms with Gasteiger partial charge in [0.1, 0.15) is 0 Å². The van der Waals surface area contributed by atoms with Crippen LogP contribution in [0.3, 0.4) is 0 Å². The van der Waals surface area contributed by atoms with Crippen molar-refractivity contribution in [2.75, 3.05) is 0 Å². The van der Waals surface area contributed by atoms with Gasteiger partial charge in [0, 0.05) is 0 Å². The Hall–Kier alpha value is -1.13. The zero-order valence-corrected chi connectivity index (χ0v) is 12.9. The van der Waals surface area contributed by atoms with Crippen molar-refractivity contribution in [1.29, 1.82) is 0 Å². The van der Waals surface area contributed by atoms with Crippen molar-refractivity contribution in [1.82, 2.24) is 0 Å². The second-order valence-corrected chi connectivity index (χ2v) is 8.66. The first-order chi connectivity index (χ1) is 8.22. The molecule has 0 unspecified atom stereocenters. The molecule has 4 heteroatoms. The zero-order valence-electron chi connectivity index (χ0n) is 11.7. The molecule has 1 rings (SSSR count). The molecule has 1 atom stereocenters. The maximum Gasteiger partial charge on any atom is 0.337 e. The highest BCUT2D eigenvalue weighted by molar-refractivity contribution is 6.71. The van der Waals surface area contributed by atoms with E-state index in [4.69, 9.17) is 4.74 Å². The molecule has 0 spiro atoms. The largest absolute Gasteiger partial charge is 0.479 e. The molecule has 1 aromatic rings. The fraction of sp³-hybridized carbons (Fsp3) is 0.500. The van der Waals surface area contributed by atoms with E-state index >= 15 is 0 Å². The minimum atomic E-state index is -1.08. The lowest BCUT2D eigenvalue weighted by atomic mass is 10.1. The first-order valence-electron chi connectivity index (χ1n) is 6.22. The lowest BCUT2D eigenvalue weighted by Crippen LogP contribution is -2.34. The minimum Gasteiger partial charge on any atom is -0.479 e. The normalized spacial score (nSPS) is 13.7. The van der Waals surface area contributed by atoms with Crippen molar-refractivity contribution in [2.45, 2.75) is 45.6 Å². The Morgan fingerprint density at radius 2 is 1.83 bits per heavy atom. The number of carbonyl (C=O) groups is 1. The summed E-state index contributed by atoms with van der Waals surface area (Å²) in [5.74, 6) is -0.924. The average Bonchev–Trinajstić information content (AvgIpc) is 2.24. The summed E-state index contributed by atoms with van der Waals surface area (Å²) >= 11 is 0. The smallest absolute Gasteiger partial charge is 0.337 e. The molecular formula is C14H22O3Si. The highest BCUT2D eigenvalue weighted by Gasteiger charge is 2.28. The van der Waals surface area contributed by atoms with Crippen LogP contribution < -0.4 is 5.19 Å². The van der Waals surface area contributed by atoms with E-state index in [0.29, 0.717) is 0 Å². The van der Waals surface area contributed by atoms with Gasteiger partial charge in [0.2, 0.25) is 0 Å². The van der Waals surface area contributed by atoms with E-state index in [1.165, 1.54) is 0 Å². The molecule has 0 saturated carbocycles. The van der Waals surface area contributed by atoms with E-state index in [1.54, 1.807) is 0 Å². The van der Waals surface area contributed by atoms with E-state index in [-0.39, 0.29) is 0 Å². The molecule has 0 heterocycles. The third kappa shape index (κ3) is 3.96. The van der Waals surface area contributed by atoms with Crippen molar-refractivity contribution in [3.05, 3.63) is 29.8 Å². The molecule has 1 N–H and O–H groups in total. The van der Waals surface area contributed by atoms with Crippen LogP contribution in [0.4, 0.5) is 0 Å². The second-order valence-electron chi connectivity index (χ2n) is 5.73. The fourth-order valence-electron chi connectivity index (χ4n) is 1.88. The number of rotatable bonds is 4. The number of benzene rings is 1. The second kappa shape index (κ2) is 5.67. The standard InChI is InChI=1S/C14H22O3Si/c1-14(2,3)17-12(13(15)16)10-8-6-7-9-11(10)18(4)5/h6-9,12,18H,1-5H3,(H,15,16)/t12-/m1/s1. The lowest BCUT2D eigenvalue weighted by Gasteiger charge is -2.27. The van der Waals surface area contributed by atoms with E-state index in [2.05, 4.69) is 13.1 Å². The lowest BCUT2D eigenvalue weighted by molar-refractivity contribution is -0.160. The van der Waals surface area contributed by atoms with Crippen molar-refractivity contribution in [3.63, 3.8) is 0 Å². The van der Waals surface area contributed by atoms with Gasteiger partial charge in [-0.15, -0.1) is 0 Å². The Morgan fingerprint density at radius 1 is 1.28 bits per heavy atom. The Kier molecular flexibility index (Phi) is 4.70. The van der Waals surface area contributed by atoms with Crippen LogP contribution in [-0.4, -0.2) is 25.5 Å². The number of ether oxygens (including phenoxy) is 1. The maximum atomic E-state index is 11.4. The van der Waals surface area contributed by atoms with Crippen molar-refractivity contribution in [2.24, 2.45) is 0 Å². The van der Waals surface area contributed by atoms with Crippen molar-refractivity contribution < 1.29 is 14.6 Å². The van der Waals surface area contributed by atoms with Crippen LogP contribution in [-0.2, 0) is 9.53 Å². The highest BCUT2D eigenvalue weighted by atomic mass is 28.3. The van der Waals surface area contributed by atoms with Gasteiger partial charge in [-0.05, 0) is 26.3 Å². The van der Waals surface area contributed by atoms with Crippen LogP contribution in [0.25, 0.3) is 0 Å². The summed E-state index contributed by atoms with van der Waals surface area (Å²) in [6.07, 6.45) is -0.879. The molecule has 0 aliphatic rings. The summed E-state index contributed by atoms with van der Waals surface area (Å²) in [6, 6.07) is 7.72. The molecule has 0 aromatic heterocycles. The summed E-state index contributed by atoms with van der Waals surface area (Å²) in [4.78, 5) is 11.4. The summed E-state index contributed by atoms with van der Waals surface area (Å²) < 4.78 is 5.70. The summed E-state index contributed by atoms with van der Waals surface area (Å²) in [5, 5.41) is 10.5. The van der Waals surface area contributed by atoms with Gasteiger partial charge in [-0.2, -0.15) is 0 Å². The number of carboxylic acid groups (broad SMARTS) is 1. The Bertz CT molecular complexity index is 421. The van der Waals surface area contributed by atoms with Crippen LogP contribution in [0, 0.1) is 0 Å². The van der Waals surface area contributed by atoms with E-state index < -0.39 is 26.5 Å². The molecule has 3 nitrogen and oxygen atoms in total. The van der Waals surface area contributed by atoms with Gasteiger partial charge < -0.3 is 9.84 Å². The quantitative estimate of drug-likeness (QED) is 0.851. The number of carboxylic acids is 1. The zero-order chi connectivity index (χ0) is 13.9. The molecule has 0 amide bonds. The first-order valence-corrected chi connectivity index (χ1v) is 9.10. The Labute approximate surface area is 110 Å². The summed E-state index contributed by atoms with van der Waals surface area (Å²) in [6.45, 7) is 10.00. The van der Waals surface area contributed by atoms with Crippen LogP contribution in [0.15, 0.2) is 24.3 Å². The van der Waals surface area contributed by atoms with E-state index in [1.807, 2.05) is 45.0 Å². The van der Waals surface area contributed by atoms with Gasteiger partial charge >= 0.3 is 5.97 Å². The van der Waals surface area contributed by atoms with E-state index in [9.17, 15) is 9.90 Å². The third-order valence-electron chi connectivity index (χ3n) is 2.60. The molecule has 0 fully saturated rings. The number of aliphatic carboxylic acids is 1. The fourth-order valence-corrected chi connectivity index (χ4v) is 3.29. The molecule has 0 radical (unpaired) electrons. The van der Waals surface area contributed by atoms with Gasteiger partial charge in [0.05, 0.1) is 14.4 Å². The minimum absolute atomic E-state index is 0.477. The first kappa shape index (κ1) is 14.9. The Morgan fingerprint density at radius 3 is 2.28 bits per heavy atom. The maximum absolute atomic E-state index is 11.4. The molecule has 18 heavy (non-hydrogen) atoms. The average molecular weight is 266 g/mol. The van der Waals surface area contributed by atoms with Crippen molar-refractivity contribution >= 4 is 20.0 Å². The topological polar surface area (TPSA) is 46.5 Å². The molecule has 0 aliphatic heterocycles. The van der Waals surface area contributed by atoms with Gasteiger partial charge in [-0.25, -0.2) is 4.79 Å². The molecule has 1 aromatic carbocycles.